The van der Waals surface area contributed by atoms with Crippen molar-refractivity contribution in [3.8, 4) is 5.88 Å². The molecule has 13 heavy (non-hydrogen) atoms. The van der Waals surface area contributed by atoms with Crippen LogP contribution in [0.25, 0.3) is 0 Å². The van der Waals surface area contributed by atoms with Gasteiger partial charge in [0, 0.05) is 18.1 Å². The summed E-state index contributed by atoms with van der Waals surface area (Å²) in [6.45, 7) is 3.77. The highest BCUT2D eigenvalue weighted by molar-refractivity contribution is 5.79. The summed E-state index contributed by atoms with van der Waals surface area (Å²) in [7, 11) is 1.54. The number of hydrogen-bond donors (Lipinski definition) is 1. The average molecular weight is 180 g/mol. The molecule has 70 valence electrons. The third-order valence-electron chi connectivity index (χ3n) is 1.24. The van der Waals surface area contributed by atoms with Gasteiger partial charge in [-0.1, -0.05) is 0 Å². The molecule has 0 aliphatic carbocycles. The highest BCUT2D eigenvalue weighted by Crippen LogP contribution is 2.15. The molecular formula is C8H12N4O. The van der Waals surface area contributed by atoms with E-state index in [2.05, 4.69) is 20.5 Å². The fourth-order valence-electron chi connectivity index (χ4n) is 0.716. The normalized spacial score (nSPS) is 9.15. The Labute approximate surface area is 76.9 Å². The van der Waals surface area contributed by atoms with Crippen LogP contribution in [-0.4, -0.2) is 22.8 Å². The van der Waals surface area contributed by atoms with Crippen molar-refractivity contribution in [3.05, 3.63) is 12.4 Å². The van der Waals surface area contributed by atoms with Crippen molar-refractivity contribution in [2.24, 2.45) is 5.10 Å². The molecule has 0 aliphatic heterocycles. The second kappa shape index (κ2) is 4.39. The van der Waals surface area contributed by atoms with E-state index in [9.17, 15) is 0 Å². The smallest absolute Gasteiger partial charge is 0.258 e. The Morgan fingerprint density at radius 3 is 2.69 bits per heavy atom. The van der Waals surface area contributed by atoms with Gasteiger partial charge in [-0.15, -0.1) is 0 Å². The lowest BCUT2D eigenvalue weighted by molar-refractivity contribution is 0.398. The van der Waals surface area contributed by atoms with Crippen molar-refractivity contribution in [2.75, 3.05) is 12.5 Å². The van der Waals surface area contributed by atoms with Gasteiger partial charge in [0.1, 0.15) is 0 Å². The van der Waals surface area contributed by atoms with Gasteiger partial charge in [-0.3, -0.25) is 5.43 Å². The van der Waals surface area contributed by atoms with E-state index >= 15 is 0 Å². The minimum absolute atomic E-state index is 0.438. The van der Waals surface area contributed by atoms with Crippen LogP contribution >= 0.6 is 0 Å². The van der Waals surface area contributed by atoms with E-state index in [-0.39, 0.29) is 0 Å². The van der Waals surface area contributed by atoms with Crippen molar-refractivity contribution in [1.82, 2.24) is 9.97 Å². The van der Waals surface area contributed by atoms with Gasteiger partial charge in [0.05, 0.1) is 7.11 Å². The van der Waals surface area contributed by atoms with Gasteiger partial charge in [-0.05, 0) is 13.8 Å². The maximum absolute atomic E-state index is 4.97. The largest absolute Gasteiger partial charge is 0.478 e. The Morgan fingerprint density at radius 2 is 2.08 bits per heavy atom. The highest BCUT2D eigenvalue weighted by Gasteiger charge is 2.01. The number of anilines is 1. The molecule has 5 nitrogen and oxygen atoms in total. The zero-order chi connectivity index (χ0) is 9.68. The predicted molar refractivity (Wildman–Crippen MR) is 51.0 cm³/mol. The Bertz CT molecular complexity index is 307. The zero-order valence-corrected chi connectivity index (χ0v) is 7.90. The van der Waals surface area contributed by atoms with Crippen molar-refractivity contribution in [1.29, 1.82) is 0 Å². The van der Waals surface area contributed by atoms with E-state index in [4.69, 9.17) is 4.74 Å². The summed E-state index contributed by atoms with van der Waals surface area (Å²) in [4.78, 5) is 7.97. The first-order chi connectivity index (χ1) is 6.24. The number of nitrogens with zero attached hydrogens (tertiary/aromatic N) is 3. The molecule has 5 heteroatoms. The molecule has 0 spiro atoms. The number of rotatable bonds is 3. The molecule has 0 aromatic carbocycles. The number of nitrogens with one attached hydrogen (secondary N) is 1. The zero-order valence-electron chi connectivity index (χ0n) is 7.90. The van der Waals surface area contributed by atoms with Gasteiger partial charge in [0.25, 0.3) is 5.88 Å². The number of methoxy groups -OCH3 is 1. The van der Waals surface area contributed by atoms with Gasteiger partial charge in [0.2, 0.25) is 5.82 Å². The third-order valence-corrected chi connectivity index (χ3v) is 1.24. The lowest BCUT2D eigenvalue weighted by Crippen LogP contribution is -1.99. The summed E-state index contributed by atoms with van der Waals surface area (Å²) in [5, 5.41) is 3.99. The molecule has 0 bridgehead atoms. The first kappa shape index (κ1) is 9.44. The fourth-order valence-corrected chi connectivity index (χ4v) is 0.716. The van der Waals surface area contributed by atoms with Crippen LogP contribution in [0.3, 0.4) is 0 Å². The molecule has 1 rings (SSSR count). The second-order valence-corrected chi connectivity index (χ2v) is 2.59. The minimum Gasteiger partial charge on any atom is -0.478 e. The molecule has 1 aromatic rings. The Balaban J connectivity index is 2.81. The maximum atomic E-state index is 4.97. The molecule has 0 amide bonds. The molecule has 1 aromatic heterocycles. The molecule has 0 radical (unpaired) electrons. The third kappa shape index (κ3) is 2.70. The molecule has 0 saturated heterocycles. The lowest BCUT2D eigenvalue weighted by Gasteiger charge is -2.03. The maximum Gasteiger partial charge on any atom is 0.258 e. The summed E-state index contributed by atoms with van der Waals surface area (Å²) < 4.78 is 4.97. The molecular weight excluding hydrogens is 168 g/mol. The van der Waals surface area contributed by atoms with Crippen LogP contribution in [0.4, 0.5) is 5.82 Å². The van der Waals surface area contributed by atoms with E-state index in [0.29, 0.717) is 11.7 Å². The van der Waals surface area contributed by atoms with Crippen LogP contribution in [0.15, 0.2) is 17.5 Å². The topological polar surface area (TPSA) is 59.4 Å². The monoisotopic (exact) mass is 180 g/mol. The van der Waals surface area contributed by atoms with Crippen LogP contribution in [0, 0.1) is 0 Å². The van der Waals surface area contributed by atoms with Crippen LogP contribution < -0.4 is 10.2 Å². The summed E-state index contributed by atoms with van der Waals surface area (Å²) in [6.07, 6.45) is 3.14. The van der Waals surface area contributed by atoms with Gasteiger partial charge in [-0.2, -0.15) is 5.10 Å². The van der Waals surface area contributed by atoms with E-state index < -0.39 is 0 Å². The molecule has 1 heterocycles. The van der Waals surface area contributed by atoms with E-state index in [0.717, 1.165) is 5.71 Å². The first-order valence-corrected chi connectivity index (χ1v) is 3.86. The summed E-state index contributed by atoms with van der Waals surface area (Å²) in [5.41, 5.74) is 3.66. The van der Waals surface area contributed by atoms with E-state index in [1.165, 1.54) is 7.11 Å². The van der Waals surface area contributed by atoms with Crippen LogP contribution in [0.1, 0.15) is 13.8 Å². The highest BCUT2D eigenvalue weighted by atomic mass is 16.5. The number of ether oxygens (including phenoxy) is 1. The fraction of sp³-hybridized carbons (Fsp3) is 0.375. The summed E-state index contributed by atoms with van der Waals surface area (Å²) in [6, 6.07) is 0. The van der Waals surface area contributed by atoms with E-state index in [1.807, 2.05) is 13.8 Å². The minimum atomic E-state index is 0.438. The van der Waals surface area contributed by atoms with Gasteiger partial charge >= 0.3 is 0 Å². The number of hydrazone groups is 1. The van der Waals surface area contributed by atoms with Crippen LogP contribution in [-0.2, 0) is 0 Å². The van der Waals surface area contributed by atoms with E-state index in [1.54, 1.807) is 12.4 Å². The van der Waals surface area contributed by atoms with Crippen molar-refractivity contribution in [2.45, 2.75) is 13.8 Å². The second-order valence-electron chi connectivity index (χ2n) is 2.59. The molecule has 0 saturated carbocycles. The molecule has 0 fully saturated rings. The first-order valence-electron chi connectivity index (χ1n) is 3.86. The summed E-state index contributed by atoms with van der Waals surface area (Å²) >= 11 is 0. The van der Waals surface area contributed by atoms with Crippen molar-refractivity contribution >= 4 is 11.5 Å². The standard InChI is InChI=1S/C8H12N4O/c1-6(2)11-12-7-8(13-3)10-5-4-9-7/h4-5H,1-3H3,(H,9,12). The Hall–Kier alpha value is -1.65. The van der Waals surface area contributed by atoms with Crippen molar-refractivity contribution < 1.29 is 4.74 Å². The van der Waals surface area contributed by atoms with Gasteiger partial charge in [-0.25, -0.2) is 9.97 Å². The molecule has 0 atom stereocenters. The van der Waals surface area contributed by atoms with Crippen LogP contribution in [0.2, 0.25) is 0 Å². The van der Waals surface area contributed by atoms with Crippen molar-refractivity contribution in [3.63, 3.8) is 0 Å². The predicted octanol–water partition coefficient (Wildman–Crippen LogP) is 1.29. The van der Waals surface area contributed by atoms with Gasteiger partial charge < -0.3 is 4.74 Å². The SMILES string of the molecule is COc1nccnc1NN=C(C)C. The Morgan fingerprint density at radius 1 is 1.38 bits per heavy atom. The quantitative estimate of drug-likeness (QED) is 0.562. The number of hydrogen-bond acceptors (Lipinski definition) is 5. The summed E-state index contributed by atoms with van der Waals surface area (Å²) in [5.74, 6) is 0.957. The lowest BCUT2D eigenvalue weighted by atomic mass is 10.5. The average Bonchev–Trinajstić information content (AvgIpc) is 2.15. The molecule has 0 unspecified atom stereocenters. The molecule has 1 N–H and O–H groups in total. The molecule has 0 aliphatic rings. The Kier molecular flexibility index (Phi) is 3.19. The van der Waals surface area contributed by atoms with Gasteiger partial charge in [0.15, 0.2) is 0 Å². The van der Waals surface area contributed by atoms with Crippen LogP contribution in [0.5, 0.6) is 5.88 Å². The number of aromatic nitrogens is 2.